The first-order chi connectivity index (χ1) is 8.40. The standard InChI is InChI=1S/C11H19N3O4/c1-7-2-4-14(5-3-7)11(18)13-8(10(16)17)6-9(12)15/h7-8H,2-6H2,1H3,(H2,12,15)(H,13,18)(H,16,17)/t8-/m1/s1. The molecule has 0 aliphatic carbocycles. The van der Waals surface area contributed by atoms with E-state index in [9.17, 15) is 14.4 Å². The van der Waals surface area contributed by atoms with E-state index in [1.54, 1.807) is 4.90 Å². The molecular formula is C11H19N3O4. The highest BCUT2D eigenvalue weighted by atomic mass is 16.4. The van der Waals surface area contributed by atoms with Crippen LogP contribution < -0.4 is 11.1 Å². The summed E-state index contributed by atoms with van der Waals surface area (Å²) < 4.78 is 0. The Morgan fingerprint density at radius 2 is 1.94 bits per heavy atom. The van der Waals surface area contributed by atoms with Gasteiger partial charge < -0.3 is 21.1 Å². The zero-order valence-corrected chi connectivity index (χ0v) is 10.4. The number of piperidine rings is 1. The fourth-order valence-corrected chi connectivity index (χ4v) is 1.85. The van der Waals surface area contributed by atoms with Crippen LogP contribution >= 0.6 is 0 Å². The molecule has 1 rings (SSSR count). The third-order valence-corrected chi connectivity index (χ3v) is 3.07. The highest BCUT2D eigenvalue weighted by molar-refractivity contribution is 5.87. The molecule has 0 aromatic rings. The second-order valence-electron chi connectivity index (χ2n) is 4.68. The predicted octanol–water partition coefficient (Wildman–Crippen LogP) is -0.243. The van der Waals surface area contributed by atoms with Crippen molar-refractivity contribution >= 4 is 17.9 Å². The summed E-state index contributed by atoms with van der Waals surface area (Å²) in [5.41, 5.74) is 4.94. The lowest BCUT2D eigenvalue weighted by Crippen LogP contribution is -2.51. The normalized spacial score (nSPS) is 18.2. The van der Waals surface area contributed by atoms with Gasteiger partial charge in [0.25, 0.3) is 0 Å². The molecule has 0 unspecified atom stereocenters. The number of nitrogens with one attached hydrogen (secondary N) is 1. The van der Waals surface area contributed by atoms with Crippen molar-refractivity contribution in [2.45, 2.75) is 32.2 Å². The number of carbonyl (C=O) groups is 3. The fourth-order valence-electron chi connectivity index (χ4n) is 1.85. The van der Waals surface area contributed by atoms with Gasteiger partial charge in [-0.3, -0.25) is 4.79 Å². The number of hydrogen-bond donors (Lipinski definition) is 3. The van der Waals surface area contributed by atoms with Crippen molar-refractivity contribution in [3.63, 3.8) is 0 Å². The SMILES string of the molecule is CC1CCN(C(=O)N[C@H](CC(N)=O)C(=O)O)CC1. The Hall–Kier alpha value is -1.79. The first kappa shape index (κ1) is 14.3. The Labute approximate surface area is 105 Å². The zero-order valence-electron chi connectivity index (χ0n) is 10.4. The number of hydrogen-bond acceptors (Lipinski definition) is 3. The van der Waals surface area contributed by atoms with Gasteiger partial charge in [0.15, 0.2) is 0 Å². The monoisotopic (exact) mass is 257 g/mol. The Kier molecular flexibility index (Phi) is 4.94. The number of likely N-dealkylation sites (tertiary alicyclic amines) is 1. The van der Waals surface area contributed by atoms with Crippen LogP contribution in [-0.4, -0.2) is 47.0 Å². The largest absolute Gasteiger partial charge is 0.480 e. The number of primary amides is 1. The fraction of sp³-hybridized carbons (Fsp3) is 0.727. The molecule has 0 radical (unpaired) electrons. The third-order valence-electron chi connectivity index (χ3n) is 3.07. The minimum Gasteiger partial charge on any atom is -0.480 e. The molecular weight excluding hydrogens is 238 g/mol. The topological polar surface area (TPSA) is 113 Å². The Morgan fingerprint density at radius 3 is 2.39 bits per heavy atom. The molecule has 102 valence electrons. The van der Waals surface area contributed by atoms with Gasteiger partial charge in [-0.1, -0.05) is 6.92 Å². The van der Waals surface area contributed by atoms with E-state index in [0.717, 1.165) is 12.8 Å². The molecule has 4 N–H and O–H groups in total. The summed E-state index contributed by atoms with van der Waals surface area (Å²) in [6.07, 6.45) is 1.41. The molecule has 18 heavy (non-hydrogen) atoms. The number of nitrogens with zero attached hydrogens (tertiary/aromatic N) is 1. The van der Waals surface area contributed by atoms with Crippen LogP contribution in [0.2, 0.25) is 0 Å². The predicted molar refractivity (Wildman–Crippen MR) is 63.7 cm³/mol. The number of amides is 3. The van der Waals surface area contributed by atoms with Crippen molar-refractivity contribution < 1.29 is 19.5 Å². The van der Waals surface area contributed by atoms with E-state index in [2.05, 4.69) is 12.2 Å². The van der Waals surface area contributed by atoms with Crippen molar-refractivity contribution in [1.82, 2.24) is 10.2 Å². The minimum atomic E-state index is -1.26. The second kappa shape index (κ2) is 6.23. The molecule has 0 spiro atoms. The van der Waals surface area contributed by atoms with E-state index in [1.165, 1.54) is 0 Å². The van der Waals surface area contributed by atoms with Crippen LogP contribution in [-0.2, 0) is 9.59 Å². The maximum absolute atomic E-state index is 11.8. The third kappa shape index (κ3) is 4.23. The number of urea groups is 1. The molecule has 7 heteroatoms. The van der Waals surface area contributed by atoms with Gasteiger partial charge in [0.05, 0.1) is 6.42 Å². The van der Waals surface area contributed by atoms with Crippen LogP contribution in [0.1, 0.15) is 26.2 Å². The van der Waals surface area contributed by atoms with Gasteiger partial charge in [-0.15, -0.1) is 0 Å². The molecule has 3 amide bonds. The summed E-state index contributed by atoms with van der Waals surface area (Å²) in [6.45, 7) is 3.33. The number of aliphatic carboxylic acids is 1. The number of carboxylic acids is 1. The van der Waals surface area contributed by atoms with Crippen LogP contribution in [0.4, 0.5) is 4.79 Å². The van der Waals surface area contributed by atoms with E-state index >= 15 is 0 Å². The van der Waals surface area contributed by atoms with E-state index in [1.807, 2.05) is 0 Å². The molecule has 0 aromatic carbocycles. The lowest BCUT2D eigenvalue weighted by Gasteiger charge is -2.31. The molecule has 1 saturated heterocycles. The first-order valence-corrected chi connectivity index (χ1v) is 5.96. The zero-order chi connectivity index (χ0) is 13.7. The van der Waals surface area contributed by atoms with Crippen molar-refractivity contribution in [2.24, 2.45) is 11.7 Å². The number of carboxylic acid groups (broad SMARTS) is 1. The molecule has 1 fully saturated rings. The summed E-state index contributed by atoms with van der Waals surface area (Å²) in [7, 11) is 0. The summed E-state index contributed by atoms with van der Waals surface area (Å²) in [5.74, 6) is -1.43. The highest BCUT2D eigenvalue weighted by Gasteiger charge is 2.26. The van der Waals surface area contributed by atoms with Gasteiger partial charge in [0, 0.05) is 13.1 Å². The van der Waals surface area contributed by atoms with Gasteiger partial charge in [-0.05, 0) is 18.8 Å². The molecule has 1 heterocycles. The summed E-state index contributed by atoms with van der Waals surface area (Å²) in [5, 5.41) is 11.2. The quantitative estimate of drug-likeness (QED) is 0.644. The highest BCUT2D eigenvalue weighted by Crippen LogP contribution is 2.15. The molecule has 0 saturated carbocycles. The summed E-state index contributed by atoms with van der Waals surface area (Å²) in [4.78, 5) is 34.9. The molecule has 1 aliphatic rings. The van der Waals surface area contributed by atoms with E-state index in [4.69, 9.17) is 10.8 Å². The lowest BCUT2D eigenvalue weighted by atomic mass is 10.00. The average molecular weight is 257 g/mol. The smallest absolute Gasteiger partial charge is 0.326 e. The number of carbonyl (C=O) groups excluding carboxylic acids is 2. The number of nitrogens with two attached hydrogens (primary N) is 1. The minimum absolute atomic E-state index is 0.398. The summed E-state index contributed by atoms with van der Waals surface area (Å²) >= 11 is 0. The van der Waals surface area contributed by atoms with Crippen molar-refractivity contribution in [3.05, 3.63) is 0 Å². The molecule has 7 nitrogen and oxygen atoms in total. The van der Waals surface area contributed by atoms with Crippen LogP contribution in [0.5, 0.6) is 0 Å². The maximum Gasteiger partial charge on any atom is 0.326 e. The van der Waals surface area contributed by atoms with Crippen LogP contribution in [0.25, 0.3) is 0 Å². The first-order valence-electron chi connectivity index (χ1n) is 5.96. The van der Waals surface area contributed by atoms with E-state index < -0.39 is 30.4 Å². The van der Waals surface area contributed by atoms with Crippen molar-refractivity contribution in [3.8, 4) is 0 Å². The molecule has 0 bridgehead atoms. The Morgan fingerprint density at radius 1 is 1.39 bits per heavy atom. The van der Waals surface area contributed by atoms with Crippen LogP contribution in [0, 0.1) is 5.92 Å². The lowest BCUT2D eigenvalue weighted by molar-refractivity contribution is -0.141. The molecule has 1 atom stereocenters. The van der Waals surface area contributed by atoms with Crippen LogP contribution in [0.15, 0.2) is 0 Å². The van der Waals surface area contributed by atoms with E-state index in [0.29, 0.717) is 19.0 Å². The van der Waals surface area contributed by atoms with Crippen molar-refractivity contribution in [2.75, 3.05) is 13.1 Å². The van der Waals surface area contributed by atoms with Crippen molar-refractivity contribution in [1.29, 1.82) is 0 Å². The second-order valence-corrected chi connectivity index (χ2v) is 4.68. The van der Waals surface area contributed by atoms with Gasteiger partial charge >= 0.3 is 12.0 Å². The van der Waals surface area contributed by atoms with Gasteiger partial charge in [0.1, 0.15) is 6.04 Å². The van der Waals surface area contributed by atoms with Gasteiger partial charge in [-0.2, -0.15) is 0 Å². The summed E-state index contributed by atoms with van der Waals surface area (Å²) in [6, 6.07) is -1.70. The number of rotatable bonds is 4. The van der Waals surface area contributed by atoms with Gasteiger partial charge in [-0.25, -0.2) is 9.59 Å². The Balaban J connectivity index is 2.50. The maximum atomic E-state index is 11.8. The Bertz CT molecular complexity index is 337. The average Bonchev–Trinajstić information content (AvgIpc) is 2.28. The van der Waals surface area contributed by atoms with Gasteiger partial charge in [0.2, 0.25) is 5.91 Å². The molecule has 0 aromatic heterocycles. The van der Waals surface area contributed by atoms with E-state index in [-0.39, 0.29) is 0 Å². The van der Waals surface area contributed by atoms with Crippen LogP contribution in [0.3, 0.4) is 0 Å². The molecule has 1 aliphatic heterocycles.